The van der Waals surface area contributed by atoms with Gasteiger partial charge < -0.3 is 15.1 Å². The van der Waals surface area contributed by atoms with Crippen molar-refractivity contribution in [2.75, 3.05) is 36.4 Å². The van der Waals surface area contributed by atoms with Crippen molar-refractivity contribution in [2.45, 2.75) is 64.8 Å². The van der Waals surface area contributed by atoms with E-state index in [4.69, 9.17) is 10.1 Å². The number of piperazine rings is 1. The monoisotopic (exact) mass is 498 g/mol. The molecule has 1 aromatic carbocycles. The van der Waals surface area contributed by atoms with E-state index in [1.165, 1.54) is 55.6 Å². The summed E-state index contributed by atoms with van der Waals surface area (Å²) < 4.78 is 15.8. The van der Waals surface area contributed by atoms with Gasteiger partial charge in [0.15, 0.2) is 5.82 Å². The molecule has 1 aliphatic carbocycles. The third-order valence-corrected chi connectivity index (χ3v) is 7.84. The number of nitrogens with zero attached hydrogens (tertiary/aromatic N) is 5. The van der Waals surface area contributed by atoms with E-state index in [9.17, 15) is 9.18 Å². The zero-order valence-electron chi connectivity index (χ0n) is 20.9. The molecule has 1 amide bonds. The van der Waals surface area contributed by atoms with Gasteiger partial charge in [-0.05, 0) is 51.7 Å². The summed E-state index contributed by atoms with van der Waals surface area (Å²) in [6, 6.07) is 6.51. The molecule has 0 bridgehead atoms. The maximum atomic E-state index is 13.9. The zero-order chi connectivity index (χ0) is 24.6. The number of carbonyl (C=O) groups is 1. The molecule has 1 saturated carbocycles. The van der Waals surface area contributed by atoms with E-state index < -0.39 is 0 Å². The topological polar surface area (TPSA) is 65.8 Å². The Kier molecular flexibility index (Phi) is 6.70. The molecular weight excluding hydrogens is 463 g/mol. The second-order valence-corrected chi connectivity index (χ2v) is 11.8. The summed E-state index contributed by atoms with van der Waals surface area (Å²) in [6.07, 6.45) is 6.96. The molecule has 3 heterocycles. The molecule has 0 radical (unpaired) electrons. The van der Waals surface area contributed by atoms with Gasteiger partial charge in [0, 0.05) is 43.7 Å². The van der Waals surface area contributed by atoms with Crippen LogP contribution in [0.25, 0.3) is 16.2 Å². The lowest BCUT2D eigenvalue weighted by Gasteiger charge is -2.35. The van der Waals surface area contributed by atoms with Crippen molar-refractivity contribution in [3.63, 3.8) is 0 Å². The largest absolute Gasteiger partial charge is 0.364 e. The van der Waals surface area contributed by atoms with Crippen LogP contribution in [0.2, 0.25) is 0 Å². The average Bonchev–Trinajstić information content (AvgIpc) is 3.38. The van der Waals surface area contributed by atoms with Gasteiger partial charge in [-0.15, -0.1) is 5.10 Å². The van der Waals surface area contributed by atoms with Crippen LogP contribution in [-0.2, 0) is 4.79 Å². The number of amides is 1. The van der Waals surface area contributed by atoms with Crippen molar-refractivity contribution in [1.29, 1.82) is 0 Å². The lowest BCUT2D eigenvalue weighted by molar-refractivity contribution is -0.132. The summed E-state index contributed by atoms with van der Waals surface area (Å²) in [5.41, 5.74) is 1.20. The first-order valence-electron chi connectivity index (χ1n) is 12.7. The van der Waals surface area contributed by atoms with Crippen molar-refractivity contribution in [3.8, 4) is 11.3 Å². The van der Waals surface area contributed by atoms with Gasteiger partial charge in [-0.1, -0.05) is 42.7 Å². The van der Waals surface area contributed by atoms with Crippen molar-refractivity contribution < 1.29 is 9.18 Å². The minimum Gasteiger partial charge on any atom is -0.364 e. The molecule has 188 valence electrons. The van der Waals surface area contributed by atoms with Gasteiger partial charge in [-0.25, -0.2) is 9.37 Å². The SMILES string of the molecule is CC(C)(C)Nc1c(-c2cccc(F)c2)nc2sc(N3CCN(C(=O)CC4CCCCC4)CC3)nn12. The van der Waals surface area contributed by atoms with Crippen LogP contribution in [0.5, 0.6) is 0 Å². The number of benzene rings is 1. The summed E-state index contributed by atoms with van der Waals surface area (Å²) in [7, 11) is 0. The highest BCUT2D eigenvalue weighted by molar-refractivity contribution is 7.20. The van der Waals surface area contributed by atoms with Gasteiger partial charge in [0.1, 0.15) is 11.5 Å². The number of carbonyl (C=O) groups excluding carboxylic acids is 1. The lowest BCUT2D eigenvalue weighted by Crippen LogP contribution is -2.49. The highest BCUT2D eigenvalue weighted by Crippen LogP contribution is 2.35. The number of hydrogen-bond donors (Lipinski definition) is 1. The van der Waals surface area contributed by atoms with E-state index in [0.717, 1.165) is 47.7 Å². The number of fused-ring (bicyclic) bond motifs is 1. The molecule has 1 aliphatic heterocycles. The van der Waals surface area contributed by atoms with Crippen molar-refractivity contribution in [1.82, 2.24) is 19.5 Å². The maximum absolute atomic E-state index is 13.9. The van der Waals surface area contributed by atoms with Crippen LogP contribution < -0.4 is 10.2 Å². The average molecular weight is 499 g/mol. The second-order valence-electron chi connectivity index (χ2n) is 10.8. The highest BCUT2D eigenvalue weighted by Gasteiger charge is 2.28. The predicted molar refractivity (Wildman–Crippen MR) is 140 cm³/mol. The number of anilines is 2. The molecular formula is C26H35FN6OS. The smallest absolute Gasteiger partial charge is 0.222 e. The molecule has 0 spiro atoms. The molecule has 1 N–H and O–H groups in total. The number of rotatable bonds is 5. The quantitative estimate of drug-likeness (QED) is 0.508. The van der Waals surface area contributed by atoms with Crippen LogP contribution in [0.3, 0.4) is 0 Å². The Labute approximate surface area is 210 Å². The molecule has 3 aromatic rings. The minimum absolute atomic E-state index is 0.216. The molecule has 1 saturated heterocycles. The van der Waals surface area contributed by atoms with Gasteiger partial charge in [-0.2, -0.15) is 4.52 Å². The Balaban J connectivity index is 1.32. The van der Waals surface area contributed by atoms with E-state index >= 15 is 0 Å². The fourth-order valence-corrected chi connectivity index (χ4v) is 6.04. The molecule has 2 fully saturated rings. The number of imidazole rings is 1. The Bertz CT molecular complexity index is 1180. The molecule has 7 nitrogen and oxygen atoms in total. The fourth-order valence-electron chi connectivity index (χ4n) is 5.08. The summed E-state index contributed by atoms with van der Waals surface area (Å²) in [5.74, 6) is 1.36. The summed E-state index contributed by atoms with van der Waals surface area (Å²) >= 11 is 1.53. The van der Waals surface area contributed by atoms with Crippen molar-refractivity contribution in [2.24, 2.45) is 5.92 Å². The minimum atomic E-state index is -0.287. The van der Waals surface area contributed by atoms with E-state index in [1.807, 2.05) is 15.5 Å². The molecule has 35 heavy (non-hydrogen) atoms. The van der Waals surface area contributed by atoms with Crippen LogP contribution in [0.15, 0.2) is 24.3 Å². The Morgan fingerprint density at radius 3 is 2.57 bits per heavy atom. The van der Waals surface area contributed by atoms with Gasteiger partial charge in [0.2, 0.25) is 16.0 Å². The summed E-state index contributed by atoms with van der Waals surface area (Å²) in [5, 5.41) is 9.31. The van der Waals surface area contributed by atoms with Crippen LogP contribution in [-0.4, -0.2) is 57.1 Å². The van der Waals surface area contributed by atoms with Crippen LogP contribution in [0.1, 0.15) is 59.3 Å². The van der Waals surface area contributed by atoms with E-state index in [0.29, 0.717) is 23.9 Å². The van der Waals surface area contributed by atoms with Gasteiger partial charge in [-0.3, -0.25) is 4.79 Å². The summed E-state index contributed by atoms with van der Waals surface area (Å²) in [4.78, 5) is 22.7. The first-order chi connectivity index (χ1) is 16.8. The third kappa shape index (κ3) is 5.44. The Morgan fingerprint density at radius 1 is 1.14 bits per heavy atom. The third-order valence-electron chi connectivity index (χ3n) is 6.88. The van der Waals surface area contributed by atoms with E-state index in [-0.39, 0.29) is 11.4 Å². The fraction of sp³-hybridized carbons (Fsp3) is 0.577. The normalized spacial score (nSPS) is 17.8. The molecule has 5 rings (SSSR count). The Hall–Kier alpha value is -2.68. The number of hydrogen-bond acceptors (Lipinski definition) is 6. The number of halogens is 1. The van der Waals surface area contributed by atoms with Gasteiger partial charge >= 0.3 is 0 Å². The van der Waals surface area contributed by atoms with Gasteiger partial charge in [0.05, 0.1) is 0 Å². The first kappa shape index (κ1) is 24.0. The molecule has 2 aliphatic rings. The zero-order valence-corrected chi connectivity index (χ0v) is 21.7. The predicted octanol–water partition coefficient (Wildman–Crippen LogP) is 5.43. The van der Waals surface area contributed by atoms with Crippen molar-refractivity contribution >= 4 is 33.2 Å². The van der Waals surface area contributed by atoms with Crippen LogP contribution in [0, 0.1) is 11.7 Å². The second kappa shape index (κ2) is 9.76. The van der Waals surface area contributed by atoms with E-state index in [1.54, 1.807) is 6.07 Å². The standard InChI is InChI=1S/C26H35FN6OS/c1-26(2,3)29-23-22(19-10-7-11-20(27)17-19)28-24-33(23)30-25(35-24)32-14-12-31(13-15-32)21(34)16-18-8-5-4-6-9-18/h7,10-11,17-18,29H,4-6,8-9,12-16H2,1-3H3. The number of aromatic nitrogens is 3. The number of nitrogens with one attached hydrogen (secondary N) is 1. The molecule has 0 unspecified atom stereocenters. The Morgan fingerprint density at radius 2 is 1.89 bits per heavy atom. The van der Waals surface area contributed by atoms with E-state index in [2.05, 4.69) is 31.0 Å². The highest BCUT2D eigenvalue weighted by atomic mass is 32.1. The lowest BCUT2D eigenvalue weighted by atomic mass is 9.86. The molecule has 2 aromatic heterocycles. The van der Waals surface area contributed by atoms with Gasteiger partial charge in [0.25, 0.3) is 0 Å². The van der Waals surface area contributed by atoms with Crippen LogP contribution >= 0.6 is 11.3 Å². The molecule has 0 atom stereocenters. The maximum Gasteiger partial charge on any atom is 0.222 e. The molecule has 9 heteroatoms. The van der Waals surface area contributed by atoms with Crippen LogP contribution in [0.4, 0.5) is 15.3 Å². The summed E-state index contributed by atoms with van der Waals surface area (Å²) in [6.45, 7) is 9.25. The van der Waals surface area contributed by atoms with Crippen molar-refractivity contribution in [3.05, 3.63) is 30.1 Å². The first-order valence-corrected chi connectivity index (χ1v) is 13.5.